The maximum absolute atomic E-state index is 12.6. The first-order valence-electron chi connectivity index (χ1n) is 9.96. The molecule has 7 heteroatoms. The van der Waals surface area contributed by atoms with Gasteiger partial charge in [-0.05, 0) is 25.3 Å². The Morgan fingerprint density at radius 2 is 2.04 bits per heavy atom. The maximum Gasteiger partial charge on any atom is 0.226 e. The van der Waals surface area contributed by atoms with Crippen LogP contribution in [0.5, 0.6) is 0 Å². The molecule has 2 aromatic heterocycles. The third kappa shape index (κ3) is 3.40. The number of carbonyl (C=O) groups excluding carboxylic acids is 1. The largest absolute Gasteiger partial charge is 0.354 e. The van der Waals surface area contributed by atoms with Gasteiger partial charge in [0.05, 0.1) is 17.8 Å². The second-order valence-electron chi connectivity index (χ2n) is 8.91. The predicted octanol–water partition coefficient (Wildman–Crippen LogP) is 1.40. The number of amides is 1. The van der Waals surface area contributed by atoms with E-state index in [4.69, 9.17) is 4.98 Å². The van der Waals surface area contributed by atoms with Crippen molar-refractivity contribution >= 4 is 17.4 Å². The molecule has 7 nitrogen and oxygen atoms in total. The van der Waals surface area contributed by atoms with Gasteiger partial charge in [-0.15, -0.1) is 0 Å². The summed E-state index contributed by atoms with van der Waals surface area (Å²) in [6, 6.07) is 2.11. The summed E-state index contributed by atoms with van der Waals surface area (Å²) in [5.74, 6) is 1.32. The van der Waals surface area contributed by atoms with Crippen molar-refractivity contribution in [1.82, 2.24) is 25.2 Å². The molecule has 0 aromatic carbocycles. The van der Waals surface area contributed by atoms with Crippen LogP contribution in [0.2, 0.25) is 0 Å². The lowest BCUT2D eigenvalue weighted by molar-refractivity contribution is -0.127. The van der Waals surface area contributed by atoms with Crippen molar-refractivity contribution in [3.8, 4) is 0 Å². The molecule has 2 N–H and O–H groups in total. The number of nitrogens with zero attached hydrogens (tertiary/aromatic N) is 4. The van der Waals surface area contributed by atoms with Crippen molar-refractivity contribution in [2.24, 2.45) is 11.3 Å². The zero-order valence-corrected chi connectivity index (χ0v) is 16.7. The molecule has 1 amide bonds. The van der Waals surface area contributed by atoms with Crippen molar-refractivity contribution in [2.45, 2.75) is 46.6 Å². The fourth-order valence-corrected chi connectivity index (χ4v) is 3.70. The molecule has 2 aromatic rings. The average molecular weight is 371 g/mol. The second kappa shape index (κ2) is 6.78. The van der Waals surface area contributed by atoms with Gasteiger partial charge in [0.15, 0.2) is 5.65 Å². The van der Waals surface area contributed by atoms with Crippen LogP contribution in [0.25, 0.3) is 5.65 Å². The van der Waals surface area contributed by atoms with Gasteiger partial charge < -0.3 is 15.5 Å². The van der Waals surface area contributed by atoms with Crippen LogP contribution in [0.1, 0.15) is 39.0 Å². The Balaban J connectivity index is 1.54. The first-order chi connectivity index (χ1) is 12.8. The van der Waals surface area contributed by atoms with Crippen LogP contribution >= 0.6 is 0 Å². The van der Waals surface area contributed by atoms with E-state index in [1.54, 1.807) is 6.20 Å². The third-order valence-electron chi connectivity index (χ3n) is 5.99. The Kier molecular flexibility index (Phi) is 4.58. The highest BCUT2D eigenvalue weighted by Crippen LogP contribution is 2.31. The summed E-state index contributed by atoms with van der Waals surface area (Å²) < 4.78 is 1.94. The minimum atomic E-state index is 0.0353. The monoisotopic (exact) mass is 370 g/mol. The van der Waals surface area contributed by atoms with Gasteiger partial charge in [-0.1, -0.05) is 20.8 Å². The number of anilines is 1. The van der Waals surface area contributed by atoms with Crippen LogP contribution in [-0.4, -0.2) is 52.7 Å². The minimum absolute atomic E-state index is 0.0353. The summed E-state index contributed by atoms with van der Waals surface area (Å²) >= 11 is 0. The number of carbonyl (C=O) groups is 1. The molecule has 0 spiro atoms. The number of fused-ring (bicyclic) bond motifs is 2. The van der Waals surface area contributed by atoms with E-state index >= 15 is 0 Å². The predicted molar refractivity (Wildman–Crippen MR) is 106 cm³/mol. The summed E-state index contributed by atoms with van der Waals surface area (Å²) in [6.45, 7) is 11.9. The van der Waals surface area contributed by atoms with E-state index in [9.17, 15) is 4.79 Å². The Morgan fingerprint density at radius 3 is 2.78 bits per heavy atom. The molecule has 0 radical (unpaired) electrons. The van der Waals surface area contributed by atoms with Gasteiger partial charge in [-0.25, -0.2) is 4.98 Å². The van der Waals surface area contributed by atoms with Gasteiger partial charge in [0.2, 0.25) is 5.91 Å². The molecule has 27 heavy (non-hydrogen) atoms. The van der Waals surface area contributed by atoms with Crippen LogP contribution in [0.15, 0.2) is 12.3 Å². The Morgan fingerprint density at radius 1 is 1.30 bits per heavy atom. The van der Waals surface area contributed by atoms with Crippen molar-refractivity contribution < 1.29 is 4.79 Å². The zero-order chi connectivity index (χ0) is 19.2. The highest BCUT2D eigenvalue weighted by molar-refractivity contribution is 5.82. The number of hydrogen-bond donors (Lipinski definition) is 2. The van der Waals surface area contributed by atoms with Crippen molar-refractivity contribution in [3.63, 3.8) is 0 Å². The highest BCUT2D eigenvalue weighted by atomic mass is 16.2. The maximum atomic E-state index is 12.6. The first kappa shape index (κ1) is 18.2. The third-order valence-corrected chi connectivity index (χ3v) is 5.99. The number of aromatic nitrogens is 3. The van der Waals surface area contributed by atoms with Crippen molar-refractivity contribution in [2.75, 3.05) is 31.1 Å². The number of nitrogens with one attached hydrogen (secondary N) is 2. The van der Waals surface area contributed by atoms with E-state index in [1.165, 1.54) is 5.56 Å². The van der Waals surface area contributed by atoms with E-state index in [1.807, 2.05) is 10.6 Å². The Labute approximate surface area is 160 Å². The van der Waals surface area contributed by atoms with Gasteiger partial charge in [0.1, 0.15) is 5.82 Å². The molecule has 1 unspecified atom stereocenters. The SMILES string of the molecule is CC(NC(=O)C1CN(c2c3c(nc4ccnn24)CCNCC3)C1)C(C)(C)C. The van der Waals surface area contributed by atoms with E-state index in [2.05, 4.69) is 48.3 Å². The van der Waals surface area contributed by atoms with Crippen LogP contribution in [-0.2, 0) is 17.6 Å². The van der Waals surface area contributed by atoms with Gasteiger partial charge >= 0.3 is 0 Å². The topological polar surface area (TPSA) is 74.6 Å². The molecule has 2 aliphatic rings. The molecule has 146 valence electrons. The van der Waals surface area contributed by atoms with Crippen LogP contribution in [0.3, 0.4) is 0 Å². The zero-order valence-electron chi connectivity index (χ0n) is 16.7. The lowest BCUT2D eigenvalue weighted by Crippen LogP contribution is -2.57. The molecule has 1 atom stereocenters. The molecule has 2 aliphatic heterocycles. The van der Waals surface area contributed by atoms with E-state index in [-0.39, 0.29) is 23.3 Å². The molecule has 0 aliphatic carbocycles. The fraction of sp³-hybridized carbons (Fsp3) is 0.650. The Bertz CT molecular complexity index is 846. The second-order valence-corrected chi connectivity index (χ2v) is 8.91. The molecule has 0 saturated carbocycles. The lowest BCUT2D eigenvalue weighted by Gasteiger charge is -2.42. The Hall–Kier alpha value is -2.15. The molecule has 1 saturated heterocycles. The summed E-state index contributed by atoms with van der Waals surface area (Å²) in [6.07, 6.45) is 3.69. The fourth-order valence-electron chi connectivity index (χ4n) is 3.70. The lowest BCUT2D eigenvalue weighted by atomic mass is 9.87. The van der Waals surface area contributed by atoms with E-state index in [0.29, 0.717) is 0 Å². The van der Waals surface area contributed by atoms with E-state index in [0.717, 1.165) is 56.2 Å². The molecular weight excluding hydrogens is 340 g/mol. The van der Waals surface area contributed by atoms with Gasteiger partial charge in [0.25, 0.3) is 0 Å². The number of rotatable bonds is 3. The van der Waals surface area contributed by atoms with Crippen LogP contribution < -0.4 is 15.5 Å². The van der Waals surface area contributed by atoms with Crippen molar-refractivity contribution in [3.05, 3.63) is 23.5 Å². The van der Waals surface area contributed by atoms with Gasteiger partial charge in [0, 0.05) is 43.7 Å². The molecule has 4 rings (SSSR count). The smallest absolute Gasteiger partial charge is 0.226 e. The molecule has 0 bridgehead atoms. The highest BCUT2D eigenvalue weighted by Gasteiger charge is 2.37. The summed E-state index contributed by atoms with van der Waals surface area (Å²) in [7, 11) is 0. The molecular formula is C20H30N6O. The number of hydrogen-bond acceptors (Lipinski definition) is 5. The van der Waals surface area contributed by atoms with Gasteiger partial charge in [-0.2, -0.15) is 9.61 Å². The summed E-state index contributed by atoms with van der Waals surface area (Å²) in [5.41, 5.74) is 3.39. The van der Waals surface area contributed by atoms with Gasteiger partial charge in [-0.3, -0.25) is 4.79 Å². The average Bonchev–Trinajstić information content (AvgIpc) is 2.89. The summed E-state index contributed by atoms with van der Waals surface area (Å²) in [4.78, 5) is 19.7. The minimum Gasteiger partial charge on any atom is -0.354 e. The van der Waals surface area contributed by atoms with Crippen LogP contribution in [0.4, 0.5) is 5.82 Å². The normalized spacial score (nSPS) is 19.3. The first-order valence-corrected chi connectivity index (χ1v) is 9.96. The standard InChI is InChI=1S/C20H30N6O/c1-13(20(2,3)4)23-18(27)14-11-25(12-14)19-15-5-8-21-9-6-16(15)24-17-7-10-22-26(17)19/h7,10,13-14,21H,5-6,8-9,11-12H2,1-4H3,(H,23,27). The van der Waals surface area contributed by atoms with E-state index < -0.39 is 0 Å². The molecule has 4 heterocycles. The summed E-state index contributed by atoms with van der Waals surface area (Å²) in [5, 5.41) is 11.1. The quantitative estimate of drug-likeness (QED) is 0.854. The van der Waals surface area contributed by atoms with Crippen molar-refractivity contribution in [1.29, 1.82) is 0 Å². The van der Waals surface area contributed by atoms with Crippen LogP contribution in [0, 0.1) is 11.3 Å². The molecule has 1 fully saturated rings.